The van der Waals surface area contributed by atoms with E-state index in [1.165, 1.54) is 0 Å². The van der Waals surface area contributed by atoms with Gasteiger partial charge in [0.05, 0.1) is 17.2 Å². The van der Waals surface area contributed by atoms with E-state index >= 15 is 4.79 Å². The Hall–Kier alpha value is -5.04. The molecule has 1 aromatic heterocycles. The summed E-state index contributed by atoms with van der Waals surface area (Å²) in [5, 5.41) is 29.6. The van der Waals surface area contributed by atoms with Crippen LogP contribution >= 0.6 is 11.6 Å². The Morgan fingerprint density at radius 2 is 1.72 bits per heavy atom. The van der Waals surface area contributed by atoms with Crippen LogP contribution in [0.1, 0.15) is 103 Å². The first-order valence-corrected chi connectivity index (χ1v) is 20.0. The third-order valence-corrected chi connectivity index (χ3v) is 12.3. The predicted octanol–water partition coefficient (Wildman–Crippen LogP) is 7.58. The summed E-state index contributed by atoms with van der Waals surface area (Å²) in [7, 11) is 0. The van der Waals surface area contributed by atoms with Gasteiger partial charge in [-0.25, -0.2) is 4.79 Å². The zero-order valence-electron chi connectivity index (χ0n) is 32.5. The van der Waals surface area contributed by atoms with Crippen LogP contribution < -0.4 is 14.8 Å². The minimum Gasteiger partial charge on any atom is -0.488 e. The number of amides is 1. The first kappa shape index (κ1) is 38.8. The van der Waals surface area contributed by atoms with Crippen LogP contribution in [0.3, 0.4) is 0 Å². The molecule has 0 spiro atoms. The molecule has 3 aliphatic carbocycles. The highest BCUT2D eigenvalue weighted by Gasteiger charge is 2.66. The average Bonchev–Trinajstić information content (AvgIpc) is 3.84. The molecule has 2 heterocycles. The summed E-state index contributed by atoms with van der Waals surface area (Å²) in [5.41, 5.74) is -0.557. The maximum atomic E-state index is 15.0. The molecule has 3 N–H and O–H groups in total. The number of carbonyl (C=O) groups excluding carboxylic acids is 3. The fourth-order valence-corrected chi connectivity index (χ4v) is 9.60. The van der Waals surface area contributed by atoms with E-state index in [1.807, 2.05) is 66.7 Å². The van der Waals surface area contributed by atoms with E-state index in [0.717, 1.165) is 42.6 Å². The van der Waals surface area contributed by atoms with Crippen molar-refractivity contribution in [2.75, 3.05) is 13.1 Å². The zero-order chi connectivity index (χ0) is 40.2. The lowest BCUT2D eigenvalue weighted by atomic mass is 9.54. The number of fused-ring (bicyclic) bond motifs is 4. The lowest BCUT2D eigenvalue weighted by Crippen LogP contribution is -2.66. The van der Waals surface area contributed by atoms with Crippen LogP contribution in [-0.4, -0.2) is 62.8 Å². The molecule has 6 unspecified atom stereocenters. The number of nitrogens with zero attached hydrogens (tertiary/aromatic N) is 2. The molecule has 0 bridgehead atoms. The fraction of sp³-hybridized carbons (Fsp3) is 0.432. The summed E-state index contributed by atoms with van der Waals surface area (Å²) in [6.07, 6.45) is 1.38. The fourth-order valence-electron chi connectivity index (χ4n) is 9.25. The molecule has 3 aromatic carbocycles. The normalized spacial score (nSPS) is 25.6. The van der Waals surface area contributed by atoms with Crippen LogP contribution in [0.4, 0.5) is 4.79 Å². The topological polar surface area (TPSA) is 164 Å². The number of aliphatic hydroxyl groups is 1. The molecule has 12 nitrogen and oxygen atoms in total. The molecule has 1 amide bonds. The summed E-state index contributed by atoms with van der Waals surface area (Å²) in [6, 6.07) is 19.6. The van der Waals surface area contributed by atoms with Crippen LogP contribution in [-0.2, 0) is 29.2 Å². The number of ketones is 2. The smallest absolute Gasteiger partial charge is 0.408 e. The van der Waals surface area contributed by atoms with Gasteiger partial charge in [-0.2, -0.15) is 0 Å². The molecule has 6 atom stereocenters. The van der Waals surface area contributed by atoms with Gasteiger partial charge in [-0.1, -0.05) is 79.2 Å². The number of benzene rings is 3. The molecule has 0 radical (unpaired) electrons. The van der Waals surface area contributed by atoms with Gasteiger partial charge < -0.3 is 34.6 Å². The molecular weight excluding hydrogens is 748 g/mol. The van der Waals surface area contributed by atoms with E-state index in [2.05, 4.69) is 22.3 Å². The van der Waals surface area contributed by atoms with E-state index < -0.39 is 58.4 Å². The minimum absolute atomic E-state index is 0.0298. The van der Waals surface area contributed by atoms with Crippen molar-refractivity contribution >= 4 is 35.0 Å². The number of Topliss-reactive ketones (excluding diaryl/α,β-unsaturated/α-hetero) is 2. The van der Waals surface area contributed by atoms with Crippen molar-refractivity contribution in [2.24, 2.45) is 17.8 Å². The molecule has 57 heavy (non-hydrogen) atoms. The Morgan fingerprint density at radius 1 is 1.05 bits per heavy atom. The second-order valence-electron chi connectivity index (χ2n) is 16.5. The number of ether oxygens (including phenoxy) is 3. The van der Waals surface area contributed by atoms with Crippen LogP contribution in [0.15, 0.2) is 71.3 Å². The van der Waals surface area contributed by atoms with Gasteiger partial charge in [-0.05, 0) is 98.9 Å². The number of nitrogens with one attached hydrogen (secondary N) is 2. The van der Waals surface area contributed by atoms with Gasteiger partial charge in [0, 0.05) is 17.0 Å². The van der Waals surface area contributed by atoms with E-state index in [9.17, 15) is 20.1 Å². The van der Waals surface area contributed by atoms with Gasteiger partial charge in [-0.3, -0.25) is 14.5 Å². The van der Waals surface area contributed by atoms with Crippen LogP contribution in [0.25, 0.3) is 0 Å². The monoisotopic (exact) mass is 794 g/mol. The Bertz CT molecular complexity index is 2220. The third kappa shape index (κ3) is 6.91. The number of aromatic nitrogens is 1. The molecule has 13 heteroatoms. The lowest BCUT2D eigenvalue weighted by molar-refractivity contribution is -0.148. The van der Waals surface area contributed by atoms with Crippen LogP contribution in [0.2, 0.25) is 5.02 Å². The summed E-state index contributed by atoms with van der Waals surface area (Å²) >= 11 is 7.33. The maximum absolute atomic E-state index is 15.0. The highest BCUT2D eigenvalue weighted by Crippen LogP contribution is 2.56. The molecule has 2 fully saturated rings. The van der Waals surface area contributed by atoms with Crippen LogP contribution in [0, 0.1) is 23.2 Å². The standard InChI is InChI=1S/C44H47ClN4O8/c1-5-49-18-12-17-30(49)27-21-31(54-22-24-13-8-6-9-14-24)33-28(35(27)45)19-26-20-29-36(47-42(52)56-43(2,3)4)38-34(39(46)44(29,53)40(51)32(26)37(33)50)41(48-57-38)55-23-25-15-10-7-11-16-25/h6-11,13-16,21,26,29-30,32,36,46,53H,5,12,17-20,22-23H2,1-4H3,(H,47,52). The van der Waals surface area contributed by atoms with Gasteiger partial charge in [-0.15, -0.1) is 0 Å². The summed E-state index contributed by atoms with van der Waals surface area (Å²) in [4.78, 5) is 45.8. The highest BCUT2D eigenvalue weighted by atomic mass is 35.5. The van der Waals surface area contributed by atoms with E-state index in [0.29, 0.717) is 16.3 Å². The predicted molar refractivity (Wildman–Crippen MR) is 211 cm³/mol. The first-order chi connectivity index (χ1) is 27.3. The molecule has 298 valence electrons. The molecule has 1 saturated heterocycles. The molecule has 1 aliphatic heterocycles. The lowest BCUT2D eigenvalue weighted by Gasteiger charge is -2.51. The minimum atomic E-state index is -2.53. The van der Waals surface area contributed by atoms with Crippen molar-refractivity contribution in [2.45, 2.75) is 89.9 Å². The Morgan fingerprint density at radius 3 is 2.37 bits per heavy atom. The van der Waals surface area contributed by atoms with Crippen molar-refractivity contribution in [1.82, 2.24) is 15.4 Å². The quantitative estimate of drug-likeness (QED) is 0.144. The molecule has 4 aromatic rings. The average molecular weight is 795 g/mol. The number of carbonyl (C=O) groups is 3. The number of alkyl carbamates (subject to hydrolysis) is 1. The van der Waals surface area contributed by atoms with E-state index in [4.69, 9.17) is 30.3 Å². The van der Waals surface area contributed by atoms with Crippen molar-refractivity contribution in [1.29, 1.82) is 5.41 Å². The molecule has 4 aliphatic rings. The summed E-state index contributed by atoms with van der Waals surface area (Å²) in [6.45, 7) is 9.26. The van der Waals surface area contributed by atoms with Gasteiger partial charge in [0.1, 0.15) is 36.2 Å². The van der Waals surface area contributed by atoms with Gasteiger partial charge in [0.25, 0.3) is 5.88 Å². The number of halogens is 1. The van der Waals surface area contributed by atoms with Crippen molar-refractivity contribution in [3.63, 3.8) is 0 Å². The SMILES string of the molecule is CCN1CCCC1c1cc(OCc2ccccc2)c2c(c1Cl)CC1CC3C(NC(=O)OC(C)(C)C)c4onc(OCc5ccccc5)c4C(=N)C3(O)C(=O)C1C2=O. The van der Waals surface area contributed by atoms with Crippen molar-refractivity contribution in [3.05, 3.63) is 111 Å². The van der Waals surface area contributed by atoms with Crippen molar-refractivity contribution < 1.29 is 38.2 Å². The molecule has 8 rings (SSSR count). The molecular formula is C44H47ClN4O8. The number of hydrogen-bond acceptors (Lipinski definition) is 11. The van der Waals surface area contributed by atoms with Gasteiger partial charge in [0.15, 0.2) is 22.9 Å². The van der Waals surface area contributed by atoms with Gasteiger partial charge >= 0.3 is 6.09 Å². The van der Waals surface area contributed by atoms with Crippen molar-refractivity contribution in [3.8, 4) is 11.6 Å². The Kier molecular flexibility index (Phi) is 10.2. The van der Waals surface area contributed by atoms with E-state index in [1.54, 1.807) is 20.8 Å². The second-order valence-corrected chi connectivity index (χ2v) is 16.8. The van der Waals surface area contributed by atoms with Crippen LogP contribution in [0.5, 0.6) is 11.6 Å². The Labute approximate surface area is 336 Å². The highest BCUT2D eigenvalue weighted by molar-refractivity contribution is 6.34. The number of rotatable bonds is 9. The second kappa shape index (κ2) is 15.0. The summed E-state index contributed by atoms with van der Waals surface area (Å²) in [5.74, 6) is -4.17. The first-order valence-electron chi connectivity index (χ1n) is 19.6. The number of hydrogen-bond donors (Lipinski definition) is 3. The Balaban J connectivity index is 1.21. The van der Waals surface area contributed by atoms with E-state index in [-0.39, 0.29) is 54.9 Å². The zero-order valence-corrected chi connectivity index (χ0v) is 33.2. The summed E-state index contributed by atoms with van der Waals surface area (Å²) < 4.78 is 23.9. The molecule has 1 saturated carbocycles. The van der Waals surface area contributed by atoms with Gasteiger partial charge in [0.2, 0.25) is 0 Å². The third-order valence-electron chi connectivity index (χ3n) is 11.8. The largest absolute Gasteiger partial charge is 0.488 e. The number of likely N-dealkylation sites (tertiary alicyclic amines) is 1. The maximum Gasteiger partial charge on any atom is 0.408 e.